The maximum atomic E-state index is 13.0. The Balaban J connectivity index is 1.83. The summed E-state index contributed by atoms with van der Waals surface area (Å²) in [5, 5.41) is 2.87. The summed E-state index contributed by atoms with van der Waals surface area (Å²) >= 11 is 0. The Morgan fingerprint density at radius 2 is 2.04 bits per heavy atom. The third kappa shape index (κ3) is 3.52. The molecule has 0 bridgehead atoms. The minimum Gasteiger partial charge on any atom is -0.355 e. The summed E-state index contributed by atoms with van der Waals surface area (Å²) in [7, 11) is 0. The molecule has 2 aliphatic rings. The van der Waals surface area contributed by atoms with Crippen LogP contribution in [0.3, 0.4) is 0 Å². The molecule has 0 aromatic heterocycles. The fourth-order valence-electron chi connectivity index (χ4n) is 3.47. The number of carbonyl (C=O) groups excluding carboxylic acids is 3. The molecule has 3 amide bonds. The van der Waals surface area contributed by atoms with Crippen LogP contribution in [0.4, 0.5) is 5.69 Å². The molecule has 25 heavy (non-hydrogen) atoms. The number of hydrogen-bond donors (Lipinski definition) is 1. The van der Waals surface area contributed by atoms with Crippen molar-refractivity contribution in [2.24, 2.45) is 5.92 Å². The molecule has 0 radical (unpaired) electrons. The number of rotatable bonds is 5. The highest BCUT2D eigenvalue weighted by Crippen LogP contribution is 2.32. The smallest absolute Gasteiger partial charge is 0.256 e. The molecule has 1 saturated heterocycles. The van der Waals surface area contributed by atoms with E-state index in [0.717, 1.165) is 12.8 Å². The number of carbonyl (C=O) groups is 3. The van der Waals surface area contributed by atoms with Crippen molar-refractivity contribution in [3.8, 4) is 0 Å². The van der Waals surface area contributed by atoms with Gasteiger partial charge in [-0.3, -0.25) is 14.4 Å². The summed E-state index contributed by atoms with van der Waals surface area (Å²) in [5.74, 6) is 0.0391. The molecule has 1 atom stereocenters. The minimum absolute atomic E-state index is 0.0500. The molecule has 0 aliphatic carbocycles. The van der Waals surface area contributed by atoms with Gasteiger partial charge in [0.25, 0.3) is 5.91 Å². The third-order valence-electron chi connectivity index (χ3n) is 4.84. The minimum atomic E-state index is -0.455. The van der Waals surface area contributed by atoms with Crippen LogP contribution in [-0.4, -0.2) is 48.3 Å². The number of hydrogen-bond acceptors (Lipinski definition) is 3. The molecular formula is C19H25N3O3. The van der Waals surface area contributed by atoms with E-state index >= 15 is 0 Å². The van der Waals surface area contributed by atoms with Gasteiger partial charge in [-0.15, -0.1) is 0 Å². The van der Waals surface area contributed by atoms with Crippen molar-refractivity contribution >= 4 is 23.4 Å². The van der Waals surface area contributed by atoms with Crippen LogP contribution in [0.25, 0.3) is 0 Å². The van der Waals surface area contributed by atoms with Crippen LogP contribution in [0.1, 0.15) is 43.5 Å². The Bertz CT molecular complexity index is 686. The third-order valence-corrected chi connectivity index (χ3v) is 4.84. The van der Waals surface area contributed by atoms with E-state index in [2.05, 4.69) is 19.2 Å². The summed E-state index contributed by atoms with van der Waals surface area (Å²) in [4.78, 5) is 41.3. The van der Waals surface area contributed by atoms with Gasteiger partial charge in [0.05, 0.1) is 11.3 Å². The number of fused-ring (bicyclic) bond motifs is 2. The van der Waals surface area contributed by atoms with E-state index in [9.17, 15) is 14.4 Å². The molecule has 2 aliphatic heterocycles. The second-order valence-electron chi connectivity index (χ2n) is 7.13. The first-order chi connectivity index (χ1) is 12.0. The zero-order chi connectivity index (χ0) is 18.0. The van der Waals surface area contributed by atoms with Gasteiger partial charge in [-0.05, 0) is 37.3 Å². The Labute approximate surface area is 148 Å². The van der Waals surface area contributed by atoms with Gasteiger partial charge in [-0.25, -0.2) is 0 Å². The van der Waals surface area contributed by atoms with Gasteiger partial charge in [0.2, 0.25) is 11.8 Å². The molecule has 6 heteroatoms. The first-order valence-corrected chi connectivity index (χ1v) is 8.97. The molecule has 2 heterocycles. The molecule has 134 valence electrons. The Morgan fingerprint density at radius 3 is 2.80 bits per heavy atom. The van der Waals surface area contributed by atoms with Crippen LogP contribution >= 0.6 is 0 Å². The van der Waals surface area contributed by atoms with Gasteiger partial charge in [0.1, 0.15) is 12.6 Å². The lowest BCUT2D eigenvalue weighted by Gasteiger charge is -2.25. The molecule has 1 fully saturated rings. The lowest BCUT2D eigenvalue weighted by molar-refractivity contribution is -0.125. The molecule has 6 nitrogen and oxygen atoms in total. The molecule has 1 aromatic rings. The van der Waals surface area contributed by atoms with Crippen LogP contribution in [0.2, 0.25) is 0 Å². The van der Waals surface area contributed by atoms with E-state index < -0.39 is 6.04 Å². The van der Waals surface area contributed by atoms with E-state index in [1.807, 2.05) is 0 Å². The van der Waals surface area contributed by atoms with Crippen molar-refractivity contribution in [2.75, 3.05) is 24.5 Å². The van der Waals surface area contributed by atoms with Crippen molar-refractivity contribution in [3.63, 3.8) is 0 Å². The lowest BCUT2D eigenvalue weighted by atomic mass is 10.1. The number of anilines is 1. The first-order valence-electron chi connectivity index (χ1n) is 8.97. The molecule has 0 spiro atoms. The molecule has 1 aromatic carbocycles. The topological polar surface area (TPSA) is 69.7 Å². The number of nitrogens with one attached hydrogen (secondary N) is 1. The Hall–Kier alpha value is -2.37. The number of benzene rings is 1. The average molecular weight is 343 g/mol. The maximum Gasteiger partial charge on any atom is 0.256 e. The highest BCUT2D eigenvalue weighted by atomic mass is 16.2. The van der Waals surface area contributed by atoms with E-state index in [1.54, 1.807) is 29.2 Å². The van der Waals surface area contributed by atoms with Crippen molar-refractivity contribution in [1.82, 2.24) is 10.2 Å². The van der Waals surface area contributed by atoms with Crippen LogP contribution < -0.4 is 10.2 Å². The predicted molar refractivity (Wildman–Crippen MR) is 95.3 cm³/mol. The number of para-hydroxylation sites is 1. The zero-order valence-electron chi connectivity index (χ0n) is 14.8. The van der Waals surface area contributed by atoms with Crippen LogP contribution in [0.15, 0.2) is 24.3 Å². The van der Waals surface area contributed by atoms with Gasteiger partial charge in [-0.1, -0.05) is 26.0 Å². The molecule has 0 unspecified atom stereocenters. The fraction of sp³-hybridized carbons (Fsp3) is 0.526. The predicted octanol–water partition coefficient (Wildman–Crippen LogP) is 1.80. The molecule has 0 saturated carbocycles. The largest absolute Gasteiger partial charge is 0.355 e. The van der Waals surface area contributed by atoms with Gasteiger partial charge in [0, 0.05) is 13.1 Å². The normalized spacial score (nSPS) is 19.7. The maximum absolute atomic E-state index is 13.0. The lowest BCUT2D eigenvalue weighted by Crippen LogP contribution is -2.48. The van der Waals surface area contributed by atoms with Crippen molar-refractivity contribution in [1.29, 1.82) is 0 Å². The summed E-state index contributed by atoms with van der Waals surface area (Å²) in [6.07, 6.45) is 2.37. The second kappa shape index (κ2) is 7.25. The fourth-order valence-corrected chi connectivity index (χ4v) is 3.47. The second-order valence-corrected chi connectivity index (χ2v) is 7.13. The highest BCUT2D eigenvalue weighted by Gasteiger charge is 2.42. The highest BCUT2D eigenvalue weighted by molar-refractivity contribution is 6.12. The van der Waals surface area contributed by atoms with Crippen molar-refractivity contribution < 1.29 is 14.4 Å². The van der Waals surface area contributed by atoms with Crippen molar-refractivity contribution in [2.45, 2.75) is 39.2 Å². The standard InChI is InChI=1S/C19H25N3O3/c1-13(2)9-10-20-17(23)12-22-15-7-4-3-6-14(15)18(24)21-11-5-8-16(21)19(22)25/h3-4,6-7,13,16H,5,8-12H2,1-2H3,(H,20,23)/t16-/m0/s1. The van der Waals surface area contributed by atoms with Gasteiger partial charge in [0.15, 0.2) is 0 Å². The SMILES string of the molecule is CC(C)CCNC(=O)CN1C(=O)[C@@H]2CCCN2C(=O)c2ccccc21. The van der Waals surface area contributed by atoms with E-state index in [-0.39, 0.29) is 24.3 Å². The quantitative estimate of drug-likeness (QED) is 0.886. The van der Waals surface area contributed by atoms with Crippen LogP contribution in [0, 0.1) is 5.92 Å². The summed E-state index contributed by atoms with van der Waals surface area (Å²) in [6, 6.07) is 6.60. The first kappa shape index (κ1) is 17.5. The average Bonchev–Trinajstić information content (AvgIpc) is 3.05. The van der Waals surface area contributed by atoms with E-state index in [4.69, 9.17) is 0 Å². The van der Waals surface area contributed by atoms with E-state index in [0.29, 0.717) is 36.7 Å². The van der Waals surface area contributed by atoms with Gasteiger partial charge < -0.3 is 15.1 Å². The molecule has 1 N–H and O–H groups in total. The summed E-state index contributed by atoms with van der Waals surface area (Å²) in [6.45, 7) is 5.33. The van der Waals surface area contributed by atoms with Crippen molar-refractivity contribution in [3.05, 3.63) is 29.8 Å². The van der Waals surface area contributed by atoms with Crippen LogP contribution in [0.5, 0.6) is 0 Å². The zero-order valence-corrected chi connectivity index (χ0v) is 14.8. The molecule has 3 rings (SSSR count). The number of amides is 3. The van der Waals surface area contributed by atoms with Crippen LogP contribution in [-0.2, 0) is 9.59 Å². The van der Waals surface area contributed by atoms with E-state index in [1.165, 1.54) is 4.90 Å². The van der Waals surface area contributed by atoms with Gasteiger partial charge >= 0.3 is 0 Å². The number of nitrogens with zero attached hydrogens (tertiary/aromatic N) is 2. The monoisotopic (exact) mass is 343 g/mol. The Morgan fingerprint density at radius 1 is 1.28 bits per heavy atom. The summed E-state index contributed by atoms with van der Waals surface area (Å²) in [5.41, 5.74) is 1.03. The van der Waals surface area contributed by atoms with Gasteiger partial charge in [-0.2, -0.15) is 0 Å². The molecular weight excluding hydrogens is 318 g/mol. The summed E-state index contributed by atoms with van der Waals surface area (Å²) < 4.78 is 0. The Kier molecular flexibility index (Phi) is 5.06.